The zero-order chi connectivity index (χ0) is 20.2. The summed E-state index contributed by atoms with van der Waals surface area (Å²) < 4.78 is 11.5. The molecule has 0 radical (unpaired) electrons. The van der Waals surface area contributed by atoms with E-state index in [-0.39, 0.29) is 25.0 Å². The van der Waals surface area contributed by atoms with Gasteiger partial charge in [0.05, 0.1) is 31.4 Å². The number of hydrogen-bond donors (Lipinski definition) is 1. The molecule has 1 fully saturated rings. The molecule has 2 heterocycles. The average molecular weight is 392 g/mol. The summed E-state index contributed by atoms with van der Waals surface area (Å²) in [4.78, 5) is 19.6. The molecule has 1 aliphatic heterocycles. The number of aliphatic hydroxyl groups excluding tert-OH is 1. The first kappa shape index (κ1) is 19.4. The number of aliphatic hydroxyl groups is 1. The molecule has 29 heavy (non-hydrogen) atoms. The van der Waals surface area contributed by atoms with Gasteiger partial charge in [-0.05, 0) is 24.6 Å². The molecule has 6 nitrogen and oxygen atoms in total. The van der Waals surface area contributed by atoms with Gasteiger partial charge in [0.25, 0.3) is 0 Å². The van der Waals surface area contributed by atoms with Crippen LogP contribution in [0.2, 0.25) is 0 Å². The molecule has 150 valence electrons. The van der Waals surface area contributed by atoms with E-state index >= 15 is 0 Å². The molecule has 1 aliphatic rings. The molecule has 0 spiro atoms. The topological polar surface area (TPSA) is 75.8 Å². The van der Waals surface area contributed by atoms with Gasteiger partial charge in [-0.15, -0.1) is 0 Å². The van der Waals surface area contributed by atoms with Crippen LogP contribution in [0, 0.1) is 6.92 Å². The number of ether oxygens (including phenoxy) is 1. The third-order valence-electron chi connectivity index (χ3n) is 5.23. The van der Waals surface area contributed by atoms with Crippen LogP contribution in [-0.2, 0) is 16.0 Å². The Morgan fingerprint density at radius 1 is 1.14 bits per heavy atom. The van der Waals surface area contributed by atoms with E-state index in [1.807, 2.05) is 67.6 Å². The molecular weight excluding hydrogens is 368 g/mol. The predicted molar refractivity (Wildman–Crippen MR) is 108 cm³/mol. The Labute approximate surface area is 169 Å². The number of nitrogens with zero attached hydrogens (tertiary/aromatic N) is 2. The maximum absolute atomic E-state index is 13.2. The van der Waals surface area contributed by atoms with Crippen LogP contribution in [0.5, 0.6) is 0 Å². The number of rotatable bonds is 5. The number of aryl methyl sites for hydroxylation is 1. The van der Waals surface area contributed by atoms with Gasteiger partial charge < -0.3 is 19.2 Å². The number of benzene rings is 2. The lowest BCUT2D eigenvalue weighted by Gasteiger charge is -2.41. The van der Waals surface area contributed by atoms with E-state index in [2.05, 4.69) is 4.98 Å². The fourth-order valence-electron chi connectivity index (χ4n) is 3.75. The molecule has 0 saturated carbocycles. The predicted octanol–water partition coefficient (Wildman–Crippen LogP) is 3.15. The highest BCUT2D eigenvalue weighted by molar-refractivity contribution is 5.79. The van der Waals surface area contributed by atoms with E-state index in [1.54, 1.807) is 4.90 Å². The summed E-state index contributed by atoms with van der Waals surface area (Å²) in [6, 6.07) is 19.0. The number of carbonyl (C=O) groups excluding carboxylic acids is 1. The summed E-state index contributed by atoms with van der Waals surface area (Å²) in [5, 5.41) is 9.80. The van der Waals surface area contributed by atoms with Crippen LogP contribution >= 0.6 is 0 Å². The van der Waals surface area contributed by atoms with Crippen molar-refractivity contribution in [1.29, 1.82) is 0 Å². The van der Waals surface area contributed by atoms with Crippen LogP contribution in [0.1, 0.15) is 23.1 Å². The van der Waals surface area contributed by atoms with Gasteiger partial charge in [-0.25, -0.2) is 4.98 Å². The van der Waals surface area contributed by atoms with E-state index in [1.165, 1.54) is 0 Å². The molecule has 1 amide bonds. The van der Waals surface area contributed by atoms with Crippen molar-refractivity contribution in [3.8, 4) is 11.5 Å². The Kier molecular flexibility index (Phi) is 5.74. The van der Waals surface area contributed by atoms with Gasteiger partial charge in [-0.2, -0.15) is 0 Å². The maximum Gasteiger partial charge on any atom is 0.229 e. The van der Waals surface area contributed by atoms with Crippen LogP contribution in [0.4, 0.5) is 0 Å². The fraction of sp³-hybridized carbons (Fsp3) is 0.304. The van der Waals surface area contributed by atoms with Gasteiger partial charge in [0.1, 0.15) is 11.9 Å². The van der Waals surface area contributed by atoms with Gasteiger partial charge >= 0.3 is 0 Å². The number of carbonyl (C=O) groups is 1. The third-order valence-corrected chi connectivity index (χ3v) is 5.23. The van der Waals surface area contributed by atoms with Crippen molar-refractivity contribution in [2.24, 2.45) is 0 Å². The number of hydrogen-bond acceptors (Lipinski definition) is 5. The lowest BCUT2D eigenvalue weighted by Crippen LogP contribution is -2.50. The van der Waals surface area contributed by atoms with Crippen molar-refractivity contribution in [3.63, 3.8) is 0 Å². The largest absolute Gasteiger partial charge is 0.441 e. The Balaban J connectivity index is 1.58. The second-order valence-electron chi connectivity index (χ2n) is 7.10. The first-order chi connectivity index (χ1) is 14.2. The van der Waals surface area contributed by atoms with Crippen LogP contribution < -0.4 is 0 Å². The summed E-state index contributed by atoms with van der Waals surface area (Å²) in [5.41, 5.74) is 2.46. The maximum atomic E-state index is 13.2. The van der Waals surface area contributed by atoms with Crippen LogP contribution in [0.3, 0.4) is 0 Å². The van der Waals surface area contributed by atoms with Crippen LogP contribution in [0.25, 0.3) is 11.5 Å². The molecule has 1 N–H and O–H groups in total. The van der Waals surface area contributed by atoms with E-state index in [9.17, 15) is 9.90 Å². The Bertz CT molecular complexity index is 956. The first-order valence-electron chi connectivity index (χ1n) is 9.76. The minimum absolute atomic E-state index is 0.0587. The molecular formula is C23H24N2O4. The van der Waals surface area contributed by atoms with Gasteiger partial charge in [0.15, 0.2) is 0 Å². The summed E-state index contributed by atoms with van der Waals surface area (Å²) in [5.74, 6) is 1.10. The third kappa shape index (κ3) is 4.09. The zero-order valence-electron chi connectivity index (χ0n) is 16.3. The Morgan fingerprint density at radius 3 is 2.52 bits per heavy atom. The van der Waals surface area contributed by atoms with Gasteiger partial charge in [-0.1, -0.05) is 48.5 Å². The molecule has 4 rings (SSSR count). The minimum Gasteiger partial charge on any atom is -0.441 e. The van der Waals surface area contributed by atoms with Crippen molar-refractivity contribution >= 4 is 5.91 Å². The first-order valence-corrected chi connectivity index (χ1v) is 9.76. The molecule has 1 aromatic heterocycles. The quantitative estimate of drug-likeness (QED) is 0.722. The number of aromatic nitrogens is 1. The van der Waals surface area contributed by atoms with Gasteiger partial charge in [-0.3, -0.25) is 4.79 Å². The highest BCUT2D eigenvalue weighted by Gasteiger charge is 2.36. The fourth-order valence-corrected chi connectivity index (χ4v) is 3.75. The summed E-state index contributed by atoms with van der Waals surface area (Å²) >= 11 is 0. The molecule has 0 bridgehead atoms. The number of amides is 1. The molecule has 3 aromatic rings. The average Bonchev–Trinajstić information content (AvgIpc) is 3.14. The van der Waals surface area contributed by atoms with Gasteiger partial charge in [0, 0.05) is 12.1 Å². The van der Waals surface area contributed by atoms with Crippen molar-refractivity contribution in [3.05, 3.63) is 77.7 Å². The molecule has 2 aromatic carbocycles. The molecule has 1 saturated heterocycles. The second kappa shape index (κ2) is 8.59. The second-order valence-corrected chi connectivity index (χ2v) is 7.10. The van der Waals surface area contributed by atoms with Gasteiger partial charge in [0.2, 0.25) is 11.8 Å². The molecule has 0 aliphatic carbocycles. The number of morpholine rings is 1. The summed E-state index contributed by atoms with van der Waals surface area (Å²) in [6.45, 7) is 2.54. The van der Waals surface area contributed by atoms with E-state index < -0.39 is 6.10 Å². The Morgan fingerprint density at radius 2 is 1.83 bits per heavy atom. The SMILES string of the molecule is Cc1oc(-c2ccccc2)nc1CC(=O)N1CCO[C@@H](CO)[C@@H]1c1ccccc1. The van der Waals surface area contributed by atoms with Crippen LogP contribution in [-0.4, -0.2) is 46.8 Å². The monoisotopic (exact) mass is 392 g/mol. The van der Waals surface area contributed by atoms with Crippen molar-refractivity contribution in [2.45, 2.75) is 25.5 Å². The van der Waals surface area contributed by atoms with Crippen LogP contribution in [0.15, 0.2) is 65.1 Å². The normalized spacial score (nSPS) is 19.3. The lowest BCUT2D eigenvalue weighted by molar-refractivity contribution is -0.149. The van der Waals surface area contributed by atoms with E-state index in [4.69, 9.17) is 9.15 Å². The molecule has 0 unspecified atom stereocenters. The minimum atomic E-state index is -0.451. The highest BCUT2D eigenvalue weighted by atomic mass is 16.5. The lowest BCUT2D eigenvalue weighted by atomic mass is 9.97. The van der Waals surface area contributed by atoms with Crippen molar-refractivity contribution in [1.82, 2.24) is 9.88 Å². The number of oxazole rings is 1. The Hall–Kier alpha value is -2.96. The smallest absolute Gasteiger partial charge is 0.229 e. The highest BCUT2D eigenvalue weighted by Crippen LogP contribution is 2.30. The zero-order valence-corrected chi connectivity index (χ0v) is 16.3. The van der Waals surface area contributed by atoms with Crippen molar-refractivity contribution < 1.29 is 19.1 Å². The summed E-state index contributed by atoms with van der Waals surface area (Å²) in [7, 11) is 0. The summed E-state index contributed by atoms with van der Waals surface area (Å²) in [6.07, 6.45) is -0.308. The van der Waals surface area contributed by atoms with E-state index in [0.29, 0.717) is 30.5 Å². The standard InChI is InChI=1S/C23H24N2O4/c1-16-19(24-23(29-16)18-10-6-3-7-11-18)14-21(27)25-12-13-28-20(15-26)22(25)17-8-4-2-5-9-17/h2-11,20,22,26H,12-15H2,1H3/t20-,22-/m0/s1. The van der Waals surface area contributed by atoms with E-state index in [0.717, 1.165) is 11.1 Å². The van der Waals surface area contributed by atoms with Crippen molar-refractivity contribution in [2.75, 3.05) is 19.8 Å². The molecule has 6 heteroatoms. The molecule has 2 atom stereocenters.